The summed E-state index contributed by atoms with van der Waals surface area (Å²) in [5.74, 6) is 0.804. The molecule has 0 aromatic carbocycles. The zero-order valence-electron chi connectivity index (χ0n) is 16.8. The molecule has 1 N–H and O–H groups in total. The van der Waals surface area contributed by atoms with Crippen LogP contribution in [0, 0.1) is 13.8 Å². The van der Waals surface area contributed by atoms with Crippen molar-refractivity contribution in [3.8, 4) is 11.4 Å². The van der Waals surface area contributed by atoms with Gasteiger partial charge in [-0.2, -0.15) is 10.1 Å². The molecule has 0 saturated carbocycles. The van der Waals surface area contributed by atoms with Gasteiger partial charge in [0.1, 0.15) is 6.54 Å². The molecule has 3 aromatic rings. The highest BCUT2D eigenvalue weighted by molar-refractivity contribution is 5.74. The number of hydrogen-bond donors (Lipinski definition) is 1. The Bertz CT molecular complexity index is 949. The van der Waals surface area contributed by atoms with Crippen LogP contribution >= 0.6 is 0 Å². The van der Waals surface area contributed by atoms with Crippen LogP contribution in [0.25, 0.3) is 11.4 Å². The van der Waals surface area contributed by atoms with E-state index in [1.807, 2.05) is 38.4 Å². The Balaban J connectivity index is 1.64. The van der Waals surface area contributed by atoms with Crippen molar-refractivity contribution in [3.05, 3.63) is 47.4 Å². The quantitative estimate of drug-likeness (QED) is 0.702. The molecule has 3 rings (SSSR count). The monoisotopic (exact) mass is 383 g/mol. The molecule has 2 amide bonds. The van der Waals surface area contributed by atoms with Gasteiger partial charge in [-0.15, -0.1) is 0 Å². The first-order valence-electron chi connectivity index (χ1n) is 9.19. The van der Waals surface area contributed by atoms with E-state index in [1.165, 1.54) is 4.90 Å². The van der Waals surface area contributed by atoms with Gasteiger partial charge in [-0.3, -0.25) is 9.67 Å². The average Bonchev–Trinajstić information content (AvgIpc) is 3.26. The molecule has 0 aliphatic carbocycles. The Morgan fingerprint density at radius 3 is 2.82 bits per heavy atom. The second kappa shape index (κ2) is 8.20. The number of hydrogen-bond acceptors (Lipinski definition) is 6. The van der Waals surface area contributed by atoms with E-state index in [4.69, 9.17) is 4.52 Å². The first-order chi connectivity index (χ1) is 13.4. The maximum atomic E-state index is 12.6. The summed E-state index contributed by atoms with van der Waals surface area (Å²) in [5, 5.41) is 11.5. The highest BCUT2D eigenvalue weighted by Gasteiger charge is 2.21. The number of urea groups is 1. The lowest BCUT2D eigenvalue weighted by atomic mass is 10.1. The fourth-order valence-corrected chi connectivity index (χ4v) is 3.22. The van der Waals surface area contributed by atoms with Gasteiger partial charge in [-0.05, 0) is 39.8 Å². The molecule has 3 heterocycles. The molecule has 0 spiro atoms. The third-order valence-electron chi connectivity index (χ3n) is 4.62. The minimum atomic E-state index is -0.225. The summed E-state index contributed by atoms with van der Waals surface area (Å²) >= 11 is 0. The van der Waals surface area contributed by atoms with Crippen molar-refractivity contribution in [2.75, 3.05) is 7.05 Å². The van der Waals surface area contributed by atoms with E-state index in [9.17, 15) is 4.79 Å². The lowest BCUT2D eigenvalue weighted by molar-refractivity contribution is 0.196. The maximum absolute atomic E-state index is 12.6. The number of rotatable bonds is 6. The van der Waals surface area contributed by atoms with E-state index in [2.05, 4.69) is 25.5 Å². The van der Waals surface area contributed by atoms with Gasteiger partial charge < -0.3 is 14.7 Å². The zero-order chi connectivity index (χ0) is 20.3. The van der Waals surface area contributed by atoms with Crippen LogP contribution in [0.3, 0.4) is 0 Å². The highest BCUT2D eigenvalue weighted by Crippen LogP contribution is 2.21. The molecule has 3 aromatic heterocycles. The largest absolute Gasteiger partial charge is 0.337 e. The van der Waals surface area contributed by atoms with Gasteiger partial charge in [0.05, 0.1) is 11.7 Å². The van der Waals surface area contributed by atoms with E-state index in [1.54, 1.807) is 25.5 Å². The first-order valence-corrected chi connectivity index (χ1v) is 9.19. The molecular weight excluding hydrogens is 358 g/mol. The summed E-state index contributed by atoms with van der Waals surface area (Å²) in [7, 11) is 1.69. The second-order valence-corrected chi connectivity index (χ2v) is 6.68. The van der Waals surface area contributed by atoms with Crippen molar-refractivity contribution in [1.29, 1.82) is 0 Å². The Morgan fingerprint density at radius 1 is 1.39 bits per heavy atom. The predicted octanol–water partition coefficient (Wildman–Crippen LogP) is 2.87. The minimum absolute atomic E-state index is 0.163. The standard InChI is InChI=1S/C19H25N7O2/c1-6-26-14(4)17(13(3)23-26)12(2)21-19(27)25(5)11-16-22-18(24-28-16)15-8-7-9-20-10-15/h7-10,12H,6,11H2,1-5H3,(H,21,27). The summed E-state index contributed by atoms with van der Waals surface area (Å²) in [5.41, 5.74) is 3.79. The number of carbonyl (C=O) groups excluding carboxylic acids is 1. The van der Waals surface area contributed by atoms with Gasteiger partial charge in [0, 0.05) is 42.8 Å². The average molecular weight is 383 g/mol. The van der Waals surface area contributed by atoms with E-state index >= 15 is 0 Å². The van der Waals surface area contributed by atoms with E-state index < -0.39 is 0 Å². The van der Waals surface area contributed by atoms with Crippen LogP contribution in [-0.4, -0.2) is 42.9 Å². The number of aromatic nitrogens is 5. The van der Waals surface area contributed by atoms with E-state index in [0.29, 0.717) is 11.7 Å². The molecule has 0 aliphatic rings. The minimum Gasteiger partial charge on any atom is -0.337 e. The molecule has 0 radical (unpaired) electrons. The van der Waals surface area contributed by atoms with Crippen LogP contribution in [0.4, 0.5) is 4.79 Å². The Morgan fingerprint density at radius 2 is 2.18 bits per heavy atom. The molecule has 0 fully saturated rings. The molecule has 9 heteroatoms. The number of nitrogens with zero attached hydrogens (tertiary/aromatic N) is 6. The number of nitrogens with one attached hydrogen (secondary N) is 1. The molecule has 1 unspecified atom stereocenters. The fourth-order valence-electron chi connectivity index (χ4n) is 3.22. The predicted molar refractivity (Wildman–Crippen MR) is 103 cm³/mol. The van der Waals surface area contributed by atoms with Crippen LogP contribution < -0.4 is 5.32 Å². The van der Waals surface area contributed by atoms with E-state index in [0.717, 1.165) is 29.1 Å². The topological polar surface area (TPSA) is 102 Å². The Kier molecular flexibility index (Phi) is 5.72. The van der Waals surface area contributed by atoms with Crippen LogP contribution in [0.2, 0.25) is 0 Å². The number of pyridine rings is 1. The molecule has 9 nitrogen and oxygen atoms in total. The van der Waals surface area contributed by atoms with Crippen molar-refractivity contribution in [3.63, 3.8) is 0 Å². The van der Waals surface area contributed by atoms with Crippen LogP contribution in [0.1, 0.15) is 42.7 Å². The zero-order valence-corrected chi connectivity index (χ0v) is 16.8. The maximum Gasteiger partial charge on any atom is 0.318 e. The molecule has 0 aliphatic heterocycles. The number of amides is 2. The molecule has 0 bridgehead atoms. The lowest BCUT2D eigenvalue weighted by Crippen LogP contribution is -2.38. The summed E-state index contributed by atoms with van der Waals surface area (Å²) in [6, 6.07) is 3.26. The third kappa shape index (κ3) is 4.03. The van der Waals surface area contributed by atoms with Crippen LogP contribution in [-0.2, 0) is 13.1 Å². The first kappa shape index (κ1) is 19.5. The van der Waals surface area contributed by atoms with Gasteiger partial charge in [-0.1, -0.05) is 5.16 Å². The van der Waals surface area contributed by atoms with Crippen molar-refractivity contribution in [2.24, 2.45) is 0 Å². The van der Waals surface area contributed by atoms with Gasteiger partial charge in [-0.25, -0.2) is 4.79 Å². The normalized spacial score (nSPS) is 12.0. The summed E-state index contributed by atoms with van der Waals surface area (Å²) < 4.78 is 7.20. The van der Waals surface area contributed by atoms with Gasteiger partial charge in [0.25, 0.3) is 0 Å². The molecule has 28 heavy (non-hydrogen) atoms. The van der Waals surface area contributed by atoms with Crippen molar-refractivity contribution >= 4 is 6.03 Å². The van der Waals surface area contributed by atoms with Gasteiger partial charge >= 0.3 is 6.03 Å². The van der Waals surface area contributed by atoms with Crippen molar-refractivity contribution < 1.29 is 9.32 Å². The molecular formula is C19H25N7O2. The summed E-state index contributed by atoms with van der Waals surface area (Å²) in [4.78, 5) is 22.5. The molecule has 148 valence electrons. The third-order valence-corrected chi connectivity index (χ3v) is 4.62. The smallest absolute Gasteiger partial charge is 0.318 e. The molecule has 1 atom stereocenters. The number of aryl methyl sites for hydroxylation is 2. The Labute approximate surface area is 163 Å². The van der Waals surface area contributed by atoms with Crippen molar-refractivity contribution in [2.45, 2.75) is 46.8 Å². The van der Waals surface area contributed by atoms with E-state index in [-0.39, 0.29) is 18.6 Å². The van der Waals surface area contributed by atoms with Crippen LogP contribution in [0.15, 0.2) is 29.0 Å². The fraction of sp³-hybridized carbons (Fsp3) is 0.421. The van der Waals surface area contributed by atoms with Gasteiger partial charge in [0.2, 0.25) is 11.7 Å². The molecule has 0 saturated heterocycles. The Hall–Kier alpha value is -3.23. The highest BCUT2D eigenvalue weighted by atomic mass is 16.5. The summed E-state index contributed by atoms with van der Waals surface area (Å²) in [6.07, 6.45) is 3.34. The van der Waals surface area contributed by atoms with Crippen LogP contribution in [0.5, 0.6) is 0 Å². The number of carbonyl (C=O) groups is 1. The SMILES string of the molecule is CCn1nc(C)c(C(C)NC(=O)N(C)Cc2nc(-c3cccnc3)no2)c1C. The summed E-state index contributed by atoms with van der Waals surface area (Å²) in [6.45, 7) is 8.98. The second-order valence-electron chi connectivity index (χ2n) is 6.68. The lowest BCUT2D eigenvalue weighted by Gasteiger charge is -2.20. The van der Waals surface area contributed by atoms with Gasteiger partial charge in [0.15, 0.2) is 0 Å². The van der Waals surface area contributed by atoms with Crippen molar-refractivity contribution in [1.82, 2.24) is 35.1 Å².